The number of aromatic nitrogens is 2. The molecule has 2 aromatic rings. The topological polar surface area (TPSA) is 214 Å². The van der Waals surface area contributed by atoms with Gasteiger partial charge < -0.3 is 30.8 Å². The Bertz CT molecular complexity index is 2990. The molecule has 2 aromatic heterocycles. The molecule has 6 aliphatic heterocycles. The molecular weight excluding hydrogens is 833 g/mol. The van der Waals surface area contributed by atoms with E-state index in [2.05, 4.69) is 48.7 Å². The largest absolute Gasteiger partial charge is 0.481 e. The molecule has 0 aromatic carbocycles. The Hall–Kier alpha value is -8.52. The zero-order chi connectivity index (χ0) is 47.1. The van der Waals surface area contributed by atoms with Crippen LogP contribution in [0.3, 0.4) is 0 Å². The van der Waals surface area contributed by atoms with Crippen molar-refractivity contribution in [3.8, 4) is 0 Å². The first-order valence-electron chi connectivity index (χ1n) is 21.1. The van der Waals surface area contributed by atoms with Crippen molar-refractivity contribution >= 4 is 65.3 Å². The summed E-state index contributed by atoms with van der Waals surface area (Å²) in [5, 5.41) is 24.5. The Morgan fingerprint density at radius 3 is 1.97 bits per heavy atom. The third-order valence-electron chi connectivity index (χ3n) is 11.3. The number of H-pyrrole nitrogens is 2. The second-order valence-electron chi connectivity index (χ2n) is 15.7. The van der Waals surface area contributed by atoms with Crippen LogP contribution in [0.1, 0.15) is 68.2 Å². The van der Waals surface area contributed by atoms with Crippen molar-refractivity contribution in [3.63, 3.8) is 0 Å². The minimum Gasteiger partial charge on any atom is -0.481 e. The first kappa shape index (κ1) is 45.5. The van der Waals surface area contributed by atoms with E-state index in [4.69, 9.17) is 4.99 Å². The van der Waals surface area contributed by atoms with Gasteiger partial charge in [0.2, 0.25) is 0 Å². The Kier molecular flexibility index (Phi) is 13.7. The number of aromatic amines is 2. The lowest BCUT2D eigenvalue weighted by Crippen LogP contribution is -2.16. The molecule has 332 valence electrons. The highest BCUT2D eigenvalue weighted by atomic mass is 16.4. The predicted molar refractivity (Wildman–Crippen MR) is 260 cm³/mol. The Morgan fingerprint density at radius 2 is 1.35 bits per heavy atom. The molecule has 14 heteroatoms. The Labute approximate surface area is 381 Å². The Morgan fingerprint density at radius 1 is 0.682 bits per heavy atom. The molecule has 0 bridgehead atoms. The zero-order valence-corrected chi connectivity index (χ0v) is 37.0. The number of allylic oxidation sites excluding steroid dienone is 13. The highest BCUT2D eigenvalue weighted by Gasteiger charge is 2.27. The van der Waals surface area contributed by atoms with E-state index in [0.29, 0.717) is 50.9 Å². The van der Waals surface area contributed by atoms with Gasteiger partial charge in [-0.05, 0) is 153 Å². The molecule has 6 N–H and O–H groups in total. The smallest absolute Gasteiger partial charge is 0.303 e. The van der Waals surface area contributed by atoms with Crippen LogP contribution in [0.4, 0.5) is 0 Å². The van der Waals surface area contributed by atoms with Crippen molar-refractivity contribution in [2.75, 3.05) is 0 Å². The predicted octanol–water partition coefficient (Wildman–Crippen LogP) is 8.59. The van der Waals surface area contributed by atoms with Gasteiger partial charge in [-0.25, -0.2) is 15.0 Å². The second kappa shape index (κ2) is 19.9. The van der Waals surface area contributed by atoms with E-state index in [-0.39, 0.29) is 37.5 Å². The average Bonchev–Trinajstić information content (AvgIpc) is 4.16. The van der Waals surface area contributed by atoms with Gasteiger partial charge in [0.05, 0.1) is 45.6 Å². The molecule has 0 spiro atoms. The van der Waals surface area contributed by atoms with E-state index in [1.807, 2.05) is 93.8 Å². The number of aliphatic imine (C=N–C) groups is 4. The minimum absolute atomic E-state index is 0.100. The first-order chi connectivity index (χ1) is 31.7. The number of hydrogen-bond donors (Lipinski definition) is 6. The lowest BCUT2D eigenvalue weighted by Gasteiger charge is -2.06. The number of carbonyl (C=O) groups excluding carboxylic acids is 2. The van der Waals surface area contributed by atoms with Crippen molar-refractivity contribution in [1.82, 2.24) is 20.6 Å². The van der Waals surface area contributed by atoms with Gasteiger partial charge in [0, 0.05) is 64.8 Å². The van der Waals surface area contributed by atoms with E-state index in [1.54, 1.807) is 37.4 Å². The molecule has 0 radical (unpaired) electrons. The highest BCUT2D eigenvalue weighted by Crippen LogP contribution is 2.35. The van der Waals surface area contributed by atoms with Crippen LogP contribution >= 0.6 is 0 Å². The van der Waals surface area contributed by atoms with Crippen molar-refractivity contribution in [2.24, 2.45) is 20.0 Å². The lowest BCUT2D eigenvalue weighted by atomic mass is 9.98. The lowest BCUT2D eigenvalue weighted by molar-refractivity contribution is -0.138. The molecule has 0 fully saturated rings. The normalized spacial score (nSPS) is 21.1. The van der Waals surface area contributed by atoms with E-state index in [9.17, 15) is 29.4 Å². The van der Waals surface area contributed by atoms with Crippen molar-refractivity contribution in [1.29, 1.82) is 0 Å². The van der Waals surface area contributed by atoms with Gasteiger partial charge in [-0.2, -0.15) is 0 Å². The number of rotatable bonds is 14. The summed E-state index contributed by atoms with van der Waals surface area (Å²) in [5.41, 5.74) is 14.7. The van der Waals surface area contributed by atoms with Gasteiger partial charge in [-0.3, -0.25) is 24.2 Å². The first-order valence-corrected chi connectivity index (χ1v) is 21.1. The maximum absolute atomic E-state index is 12.3. The molecule has 2 amide bonds. The standard InChI is InChI=1S/C33H34N4O6.C19H14N4/c1-7-20-19(6)32(42)37-27(20)14-25-18(5)23(10-12-31(40)41)29(35-25)15-28-22(9-11-30(38)39)17(4)24(34-28)13-26-16(3)21(8-2)33(43)36-26;1-3-14(20-9-1)11-16-5-7-18(22-16)13-19-8-6-17(23-19)12-15-4-2-10-21-15/h7-8,13-15,35H,1-2,9-12H2,3-6H3,(H,36,43)(H,37,42)(H,38,39)(H,40,41);1-13,20H/b26-13-,27-14-,28-15-;15-12-,16-11-,19-13-. The SMILES string of the molecule is C1=C/C(=C/C2=NC(=C\C3=NC(=C\c4ccc[nH]4)/C=C3)/C=C2)N=C1.C=CC1=C(C)/C(=C/C2=NC(=C\c3[nH]c(/C=C4\NC(=O)C(C)=C4C=C)c(C)c3CCC(=O)O)/C(CCC(=O)O)=C2C)NC1=O. The molecule has 0 saturated heterocycles. The fourth-order valence-corrected chi connectivity index (χ4v) is 7.73. The van der Waals surface area contributed by atoms with Crippen LogP contribution in [-0.4, -0.2) is 67.3 Å². The quantitative estimate of drug-likeness (QED) is 0.109. The van der Waals surface area contributed by atoms with Crippen LogP contribution in [-0.2, 0) is 25.6 Å². The van der Waals surface area contributed by atoms with Crippen LogP contribution < -0.4 is 10.6 Å². The highest BCUT2D eigenvalue weighted by molar-refractivity contribution is 6.15. The molecule has 8 rings (SSSR count). The molecule has 66 heavy (non-hydrogen) atoms. The number of nitrogens with one attached hydrogen (secondary N) is 4. The van der Waals surface area contributed by atoms with Gasteiger partial charge in [-0.15, -0.1) is 0 Å². The number of hydrogen-bond acceptors (Lipinski definition) is 8. The number of nitrogens with zero attached hydrogens (tertiary/aromatic N) is 4. The zero-order valence-electron chi connectivity index (χ0n) is 37.0. The number of aliphatic carboxylic acids is 2. The number of amides is 2. The summed E-state index contributed by atoms with van der Waals surface area (Å²) >= 11 is 0. The summed E-state index contributed by atoms with van der Waals surface area (Å²) < 4.78 is 0. The van der Waals surface area contributed by atoms with Crippen LogP contribution in [0.5, 0.6) is 0 Å². The van der Waals surface area contributed by atoms with Crippen LogP contribution in [0.2, 0.25) is 0 Å². The molecule has 0 aliphatic carbocycles. The summed E-state index contributed by atoms with van der Waals surface area (Å²) in [6.45, 7) is 14.8. The van der Waals surface area contributed by atoms with E-state index >= 15 is 0 Å². The Balaban J connectivity index is 0.000000234. The van der Waals surface area contributed by atoms with E-state index < -0.39 is 11.9 Å². The maximum atomic E-state index is 12.3. The van der Waals surface area contributed by atoms with Crippen molar-refractivity contribution < 1.29 is 29.4 Å². The molecule has 6 aliphatic rings. The fraction of sp³-hybridized carbons (Fsp3) is 0.154. The van der Waals surface area contributed by atoms with E-state index in [1.165, 1.54) is 6.08 Å². The van der Waals surface area contributed by atoms with Gasteiger partial charge >= 0.3 is 11.9 Å². The fourth-order valence-electron chi connectivity index (χ4n) is 7.73. The molecular formula is C52H48N8O6. The second-order valence-corrected chi connectivity index (χ2v) is 15.7. The van der Waals surface area contributed by atoms with Crippen LogP contribution in [0.15, 0.2) is 186 Å². The summed E-state index contributed by atoms with van der Waals surface area (Å²) in [6, 6.07) is 3.98. The molecule has 0 atom stereocenters. The van der Waals surface area contributed by atoms with Crippen LogP contribution in [0, 0.1) is 6.92 Å². The summed E-state index contributed by atoms with van der Waals surface area (Å²) in [6.07, 6.45) is 30.2. The summed E-state index contributed by atoms with van der Waals surface area (Å²) in [4.78, 5) is 72.2. The maximum Gasteiger partial charge on any atom is 0.303 e. The van der Waals surface area contributed by atoms with Crippen molar-refractivity contribution in [3.05, 3.63) is 194 Å². The summed E-state index contributed by atoms with van der Waals surface area (Å²) in [5.74, 6) is -2.36. The molecule has 14 nitrogen and oxygen atoms in total. The summed E-state index contributed by atoms with van der Waals surface area (Å²) in [7, 11) is 0. The minimum atomic E-state index is -0.948. The molecule has 8 heterocycles. The van der Waals surface area contributed by atoms with Crippen molar-refractivity contribution in [2.45, 2.75) is 53.4 Å². The van der Waals surface area contributed by atoms with Gasteiger partial charge in [0.15, 0.2) is 0 Å². The molecule has 0 saturated carbocycles. The molecule has 0 unspecified atom stereocenters. The van der Waals surface area contributed by atoms with Gasteiger partial charge in [-0.1, -0.05) is 25.3 Å². The third-order valence-corrected chi connectivity index (χ3v) is 11.3. The number of carboxylic acids is 2. The van der Waals surface area contributed by atoms with Gasteiger partial charge in [0.1, 0.15) is 0 Å². The third kappa shape index (κ3) is 10.5. The van der Waals surface area contributed by atoms with E-state index in [0.717, 1.165) is 62.1 Å². The monoisotopic (exact) mass is 880 g/mol. The number of carboxylic acid groups (broad SMARTS) is 2. The average molecular weight is 881 g/mol. The van der Waals surface area contributed by atoms with Crippen LogP contribution in [0.25, 0.3) is 18.2 Å². The number of carbonyl (C=O) groups is 4. The van der Waals surface area contributed by atoms with Gasteiger partial charge in [0.25, 0.3) is 11.8 Å².